The molecule has 0 aliphatic carbocycles. The van der Waals surface area contributed by atoms with Crippen LogP contribution in [0.5, 0.6) is 0 Å². The van der Waals surface area contributed by atoms with Crippen LogP contribution in [-0.2, 0) is 24.3 Å². The number of nitrogens with zero attached hydrogens (tertiary/aromatic N) is 2. The van der Waals surface area contributed by atoms with E-state index in [1.165, 1.54) is 0 Å². The van der Waals surface area contributed by atoms with Crippen molar-refractivity contribution in [1.82, 2.24) is 9.55 Å². The quantitative estimate of drug-likeness (QED) is 0.844. The van der Waals surface area contributed by atoms with Gasteiger partial charge in [-0.25, -0.2) is 4.98 Å². The number of benzene rings is 1. The predicted molar refractivity (Wildman–Crippen MR) is 78.3 cm³/mol. The van der Waals surface area contributed by atoms with Crippen molar-refractivity contribution in [2.75, 3.05) is 7.11 Å². The SMILES string of the molecule is CCCn1ccnc1CC(O)c1ccc(COC)cc1. The lowest BCUT2D eigenvalue weighted by Gasteiger charge is -2.13. The van der Waals surface area contributed by atoms with Crippen LogP contribution in [0.2, 0.25) is 0 Å². The summed E-state index contributed by atoms with van der Waals surface area (Å²) >= 11 is 0. The second-order valence-electron chi connectivity index (χ2n) is 4.93. The molecule has 1 aromatic heterocycles. The Morgan fingerprint density at radius 1 is 1.30 bits per heavy atom. The van der Waals surface area contributed by atoms with E-state index in [1.54, 1.807) is 13.3 Å². The topological polar surface area (TPSA) is 47.3 Å². The van der Waals surface area contributed by atoms with Gasteiger partial charge in [-0.15, -0.1) is 0 Å². The van der Waals surface area contributed by atoms with Gasteiger partial charge >= 0.3 is 0 Å². The maximum absolute atomic E-state index is 10.3. The summed E-state index contributed by atoms with van der Waals surface area (Å²) in [6.07, 6.45) is 4.83. The Morgan fingerprint density at radius 2 is 2.05 bits per heavy atom. The van der Waals surface area contributed by atoms with Gasteiger partial charge in [-0.1, -0.05) is 31.2 Å². The van der Waals surface area contributed by atoms with Crippen molar-refractivity contribution in [3.05, 3.63) is 53.6 Å². The molecular weight excluding hydrogens is 252 g/mol. The summed E-state index contributed by atoms with van der Waals surface area (Å²) < 4.78 is 7.18. The van der Waals surface area contributed by atoms with E-state index in [4.69, 9.17) is 4.74 Å². The molecule has 1 aromatic carbocycles. The molecule has 0 bridgehead atoms. The van der Waals surface area contributed by atoms with Crippen LogP contribution < -0.4 is 0 Å². The molecule has 1 heterocycles. The van der Waals surface area contributed by atoms with Gasteiger partial charge in [0.15, 0.2) is 0 Å². The minimum atomic E-state index is -0.524. The first-order chi connectivity index (χ1) is 9.74. The molecule has 0 aliphatic heterocycles. The van der Waals surface area contributed by atoms with Crippen LogP contribution in [0.1, 0.15) is 36.4 Å². The van der Waals surface area contributed by atoms with Gasteiger partial charge in [-0.3, -0.25) is 0 Å². The van der Waals surface area contributed by atoms with Gasteiger partial charge in [0.05, 0.1) is 12.7 Å². The van der Waals surface area contributed by atoms with Crippen molar-refractivity contribution in [2.45, 2.75) is 39.0 Å². The molecule has 2 aromatic rings. The third-order valence-electron chi connectivity index (χ3n) is 3.32. The Bertz CT molecular complexity index is 520. The molecular formula is C16H22N2O2. The molecule has 0 spiro atoms. The van der Waals surface area contributed by atoms with Gasteiger partial charge in [0, 0.05) is 32.5 Å². The smallest absolute Gasteiger partial charge is 0.111 e. The number of aryl methyl sites for hydroxylation is 1. The first-order valence-corrected chi connectivity index (χ1v) is 7.00. The summed E-state index contributed by atoms with van der Waals surface area (Å²) in [4.78, 5) is 4.33. The molecule has 0 saturated heterocycles. The Kier molecular flexibility index (Phi) is 5.32. The van der Waals surface area contributed by atoms with Crippen LogP contribution in [0.25, 0.3) is 0 Å². The van der Waals surface area contributed by atoms with E-state index in [0.717, 1.165) is 29.9 Å². The Hall–Kier alpha value is -1.65. The summed E-state index contributed by atoms with van der Waals surface area (Å²) in [5, 5.41) is 10.3. The first-order valence-electron chi connectivity index (χ1n) is 7.00. The Labute approximate surface area is 120 Å². The third kappa shape index (κ3) is 3.68. The standard InChI is InChI=1S/C16H22N2O2/c1-3-9-18-10-8-17-16(18)11-15(19)14-6-4-13(5-7-14)12-20-2/h4-8,10,15,19H,3,9,11-12H2,1-2H3. The van der Waals surface area contributed by atoms with Crippen LogP contribution in [-0.4, -0.2) is 21.8 Å². The summed E-state index contributed by atoms with van der Waals surface area (Å²) in [5.41, 5.74) is 2.02. The molecule has 0 saturated carbocycles. The van der Waals surface area contributed by atoms with Crippen molar-refractivity contribution in [2.24, 2.45) is 0 Å². The molecule has 20 heavy (non-hydrogen) atoms. The number of ether oxygens (including phenoxy) is 1. The van der Waals surface area contributed by atoms with Crippen molar-refractivity contribution >= 4 is 0 Å². The highest BCUT2D eigenvalue weighted by molar-refractivity contribution is 5.24. The second-order valence-corrected chi connectivity index (χ2v) is 4.93. The molecule has 4 nitrogen and oxygen atoms in total. The van der Waals surface area contributed by atoms with Crippen LogP contribution >= 0.6 is 0 Å². The van der Waals surface area contributed by atoms with E-state index >= 15 is 0 Å². The molecule has 0 fully saturated rings. The maximum Gasteiger partial charge on any atom is 0.111 e. The molecule has 2 rings (SSSR count). The lowest BCUT2D eigenvalue weighted by atomic mass is 10.0. The largest absolute Gasteiger partial charge is 0.388 e. The number of hydrogen-bond donors (Lipinski definition) is 1. The molecule has 108 valence electrons. The Balaban J connectivity index is 2.03. The Morgan fingerprint density at radius 3 is 2.70 bits per heavy atom. The van der Waals surface area contributed by atoms with Crippen LogP contribution in [0, 0.1) is 0 Å². The molecule has 0 amide bonds. The molecule has 4 heteroatoms. The highest BCUT2D eigenvalue weighted by atomic mass is 16.5. The summed E-state index contributed by atoms with van der Waals surface area (Å²) in [5.74, 6) is 0.931. The molecule has 1 atom stereocenters. The normalized spacial score (nSPS) is 12.6. The monoisotopic (exact) mass is 274 g/mol. The second kappa shape index (κ2) is 7.22. The average Bonchev–Trinajstić information content (AvgIpc) is 2.88. The van der Waals surface area contributed by atoms with Gasteiger partial charge in [-0.2, -0.15) is 0 Å². The minimum absolute atomic E-state index is 0.524. The van der Waals surface area contributed by atoms with E-state index in [2.05, 4.69) is 16.5 Å². The van der Waals surface area contributed by atoms with Gasteiger partial charge in [-0.05, 0) is 17.5 Å². The number of methoxy groups -OCH3 is 1. The summed E-state index contributed by atoms with van der Waals surface area (Å²) in [6.45, 7) is 3.67. The highest BCUT2D eigenvalue weighted by Crippen LogP contribution is 2.18. The van der Waals surface area contributed by atoms with Gasteiger partial charge in [0.2, 0.25) is 0 Å². The zero-order valence-electron chi connectivity index (χ0n) is 12.1. The van der Waals surface area contributed by atoms with E-state index in [-0.39, 0.29) is 0 Å². The number of aliphatic hydroxyl groups is 1. The first kappa shape index (κ1) is 14.8. The van der Waals surface area contributed by atoms with Gasteiger partial charge in [0.25, 0.3) is 0 Å². The zero-order chi connectivity index (χ0) is 14.4. The number of imidazole rings is 1. The third-order valence-corrected chi connectivity index (χ3v) is 3.32. The van der Waals surface area contributed by atoms with Gasteiger partial charge in [0.1, 0.15) is 5.82 Å². The van der Waals surface area contributed by atoms with Crippen molar-refractivity contribution in [3.8, 4) is 0 Å². The van der Waals surface area contributed by atoms with Crippen molar-refractivity contribution < 1.29 is 9.84 Å². The van der Waals surface area contributed by atoms with Crippen LogP contribution in [0.3, 0.4) is 0 Å². The average molecular weight is 274 g/mol. The number of hydrogen-bond acceptors (Lipinski definition) is 3. The van der Waals surface area contributed by atoms with E-state index in [9.17, 15) is 5.11 Å². The highest BCUT2D eigenvalue weighted by Gasteiger charge is 2.12. The minimum Gasteiger partial charge on any atom is -0.388 e. The maximum atomic E-state index is 10.3. The van der Waals surface area contributed by atoms with Crippen LogP contribution in [0.15, 0.2) is 36.7 Å². The van der Waals surface area contributed by atoms with Crippen molar-refractivity contribution in [1.29, 1.82) is 0 Å². The fourth-order valence-corrected chi connectivity index (χ4v) is 2.27. The van der Waals surface area contributed by atoms with E-state index in [1.807, 2.05) is 30.5 Å². The molecule has 0 radical (unpaired) electrons. The van der Waals surface area contributed by atoms with Crippen molar-refractivity contribution in [3.63, 3.8) is 0 Å². The lowest BCUT2D eigenvalue weighted by molar-refractivity contribution is 0.173. The van der Waals surface area contributed by atoms with E-state index in [0.29, 0.717) is 13.0 Å². The number of aromatic nitrogens is 2. The van der Waals surface area contributed by atoms with Crippen LogP contribution in [0.4, 0.5) is 0 Å². The zero-order valence-corrected chi connectivity index (χ0v) is 12.1. The van der Waals surface area contributed by atoms with E-state index < -0.39 is 6.10 Å². The predicted octanol–water partition coefficient (Wildman–Crippen LogP) is 2.72. The summed E-state index contributed by atoms with van der Waals surface area (Å²) in [6, 6.07) is 7.87. The molecule has 1 unspecified atom stereocenters. The number of aliphatic hydroxyl groups excluding tert-OH is 1. The fourth-order valence-electron chi connectivity index (χ4n) is 2.27. The summed E-state index contributed by atoms with van der Waals surface area (Å²) in [7, 11) is 1.68. The molecule has 1 N–H and O–H groups in total. The lowest BCUT2D eigenvalue weighted by Crippen LogP contribution is -2.09. The molecule has 0 aliphatic rings. The fraction of sp³-hybridized carbons (Fsp3) is 0.438. The number of rotatable bonds is 7. The van der Waals surface area contributed by atoms with Gasteiger partial charge < -0.3 is 14.4 Å².